The highest BCUT2D eigenvalue weighted by Gasteiger charge is 2.60. The molecule has 0 amide bonds. The monoisotopic (exact) mass is 380 g/mol. The number of ether oxygens (including phenoxy) is 2. The highest BCUT2D eigenvalue weighted by molar-refractivity contribution is 9.10. The average molecular weight is 381 g/mol. The Hall–Kier alpha value is -1.24. The summed E-state index contributed by atoms with van der Waals surface area (Å²) in [6.45, 7) is 6.13. The topological polar surface area (TPSA) is 52.6 Å². The maximum absolute atomic E-state index is 14.4. The maximum atomic E-state index is 14.4. The lowest BCUT2D eigenvalue weighted by Gasteiger charge is -2.36. The highest BCUT2D eigenvalue weighted by Crippen LogP contribution is 2.44. The van der Waals surface area contributed by atoms with E-state index in [2.05, 4.69) is 20.7 Å². The molecular formula is C15H19BrF2O4. The predicted octanol–water partition coefficient (Wildman–Crippen LogP) is 3.40. The van der Waals surface area contributed by atoms with Crippen molar-refractivity contribution in [2.24, 2.45) is 5.92 Å². The van der Waals surface area contributed by atoms with Crippen LogP contribution in [0.15, 0.2) is 24.3 Å². The molecule has 0 fully saturated rings. The second kappa shape index (κ2) is 6.48. The number of rotatable bonds is 4. The summed E-state index contributed by atoms with van der Waals surface area (Å²) in [5, 5.41) is 0. The van der Waals surface area contributed by atoms with Crippen molar-refractivity contribution in [1.29, 1.82) is 0 Å². The molecule has 0 N–H and O–H groups in total. The molecule has 0 saturated carbocycles. The first-order valence-electron chi connectivity index (χ1n) is 6.78. The molecule has 124 valence electrons. The summed E-state index contributed by atoms with van der Waals surface area (Å²) >= 11 is 3.04. The Morgan fingerprint density at radius 3 is 2.36 bits per heavy atom. The lowest BCUT2D eigenvalue weighted by molar-refractivity contribution is -0.181. The third-order valence-electron chi connectivity index (χ3n) is 2.86. The van der Waals surface area contributed by atoms with Crippen LogP contribution >= 0.6 is 15.9 Å². The van der Waals surface area contributed by atoms with E-state index < -0.39 is 33.7 Å². The van der Waals surface area contributed by atoms with E-state index in [1.165, 1.54) is 25.2 Å². The van der Waals surface area contributed by atoms with Crippen LogP contribution in [0.1, 0.15) is 27.7 Å². The molecular weight excluding hydrogens is 362 g/mol. The van der Waals surface area contributed by atoms with Crippen LogP contribution < -0.4 is 0 Å². The second-order valence-corrected chi connectivity index (χ2v) is 7.15. The molecule has 1 rings (SSSR count). The largest absolute Gasteiger partial charge is 0.462 e. The summed E-state index contributed by atoms with van der Waals surface area (Å²) in [5.41, 5.74) is -0.851. The van der Waals surface area contributed by atoms with E-state index in [0.717, 1.165) is 6.08 Å². The molecule has 0 saturated heterocycles. The van der Waals surface area contributed by atoms with Gasteiger partial charge in [0, 0.05) is 0 Å². The number of allylic oxidation sites excluding steroid dienone is 3. The van der Waals surface area contributed by atoms with Gasteiger partial charge in [0.05, 0.1) is 12.5 Å². The molecule has 0 heterocycles. The first kappa shape index (κ1) is 18.8. The molecule has 1 aliphatic carbocycles. The Bertz CT molecular complexity index is 508. The zero-order valence-electron chi connectivity index (χ0n) is 12.9. The predicted molar refractivity (Wildman–Crippen MR) is 80.9 cm³/mol. The van der Waals surface area contributed by atoms with E-state index in [-0.39, 0.29) is 6.61 Å². The Morgan fingerprint density at radius 2 is 1.86 bits per heavy atom. The van der Waals surface area contributed by atoms with Crippen molar-refractivity contribution in [2.75, 3.05) is 6.61 Å². The summed E-state index contributed by atoms with van der Waals surface area (Å²) in [6.07, 6.45) is 5.13. The van der Waals surface area contributed by atoms with E-state index in [1.54, 1.807) is 20.8 Å². The third-order valence-corrected chi connectivity index (χ3v) is 3.94. The van der Waals surface area contributed by atoms with Gasteiger partial charge in [0.25, 0.3) is 0 Å². The molecule has 0 aromatic heterocycles. The number of carbonyl (C=O) groups excluding carboxylic acids is 2. The van der Waals surface area contributed by atoms with Gasteiger partial charge in [-0.05, 0) is 27.7 Å². The molecule has 22 heavy (non-hydrogen) atoms. The fourth-order valence-electron chi connectivity index (χ4n) is 1.90. The van der Waals surface area contributed by atoms with Crippen LogP contribution in [0.3, 0.4) is 0 Å². The van der Waals surface area contributed by atoms with Crippen LogP contribution in [0, 0.1) is 5.92 Å². The van der Waals surface area contributed by atoms with Gasteiger partial charge in [-0.2, -0.15) is 8.78 Å². The molecule has 0 radical (unpaired) electrons. The molecule has 2 atom stereocenters. The normalized spacial score (nSPS) is 25.0. The van der Waals surface area contributed by atoms with Gasteiger partial charge in [-0.15, -0.1) is 0 Å². The summed E-state index contributed by atoms with van der Waals surface area (Å²) in [5.74, 6) is -8.20. The van der Waals surface area contributed by atoms with Gasteiger partial charge in [0.15, 0.2) is 4.32 Å². The summed E-state index contributed by atoms with van der Waals surface area (Å²) in [7, 11) is 0. The highest BCUT2D eigenvalue weighted by atomic mass is 79.9. The number of carbonyl (C=O) groups is 2. The number of esters is 2. The van der Waals surface area contributed by atoms with Crippen LogP contribution in [0.4, 0.5) is 8.78 Å². The van der Waals surface area contributed by atoms with E-state index >= 15 is 0 Å². The van der Waals surface area contributed by atoms with Crippen molar-refractivity contribution in [3.63, 3.8) is 0 Å². The second-order valence-electron chi connectivity index (χ2n) is 5.84. The van der Waals surface area contributed by atoms with E-state index in [1.807, 2.05) is 0 Å². The summed E-state index contributed by atoms with van der Waals surface area (Å²) < 4.78 is 36.5. The van der Waals surface area contributed by atoms with Crippen LogP contribution in [-0.2, 0) is 19.1 Å². The number of alkyl halides is 3. The van der Waals surface area contributed by atoms with Crippen molar-refractivity contribution >= 4 is 27.9 Å². The molecule has 0 aromatic rings. The lowest BCUT2D eigenvalue weighted by atomic mass is 9.83. The molecule has 0 bridgehead atoms. The zero-order valence-corrected chi connectivity index (χ0v) is 14.4. The van der Waals surface area contributed by atoms with Crippen molar-refractivity contribution in [1.82, 2.24) is 0 Å². The van der Waals surface area contributed by atoms with Crippen LogP contribution in [0.25, 0.3) is 0 Å². The molecule has 2 unspecified atom stereocenters. The third kappa shape index (κ3) is 3.94. The smallest absolute Gasteiger partial charge is 0.377 e. The fourth-order valence-corrected chi connectivity index (χ4v) is 2.58. The lowest BCUT2D eigenvalue weighted by Crippen LogP contribution is -2.53. The fraction of sp³-hybridized carbons (Fsp3) is 0.600. The van der Waals surface area contributed by atoms with Gasteiger partial charge in [-0.1, -0.05) is 40.2 Å². The van der Waals surface area contributed by atoms with Crippen molar-refractivity contribution < 1.29 is 27.8 Å². The van der Waals surface area contributed by atoms with Gasteiger partial charge in [-0.3, -0.25) is 4.79 Å². The zero-order chi connectivity index (χ0) is 17.2. The Kier molecular flexibility index (Phi) is 5.54. The van der Waals surface area contributed by atoms with Gasteiger partial charge in [0.2, 0.25) is 0 Å². The van der Waals surface area contributed by atoms with Crippen molar-refractivity contribution in [3.8, 4) is 0 Å². The van der Waals surface area contributed by atoms with Crippen molar-refractivity contribution in [2.45, 2.75) is 43.5 Å². The molecule has 7 heteroatoms. The van der Waals surface area contributed by atoms with Gasteiger partial charge >= 0.3 is 17.9 Å². The molecule has 4 nitrogen and oxygen atoms in total. The van der Waals surface area contributed by atoms with Gasteiger partial charge < -0.3 is 9.47 Å². The number of halogens is 3. The summed E-state index contributed by atoms with van der Waals surface area (Å²) in [6, 6.07) is 0. The Labute approximate surface area is 136 Å². The minimum atomic E-state index is -3.88. The minimum absolute atomic E-state index is 0.178. The van der Waals surface area contributed by atoms with Crippen LogP contribution in [0.2, 0.25) is 0 Å². The van der Waals surface area contributed by atoms with Crippen LogP contribution in [-0.4, -0.2) is 34.4 Å². The average Bonchev–Trinajstić information content (AvgIpc) is 2.37. The standard InChI is InChI=1S/C15H19BrF2O4/c1-5-21-12(20)15(17,18)10-8-6-7-9-14(10,16)11(19)22-13(2,3)4/h6-10H,5H2,1-4H3. The Morgan fingerprint density at radius 1 is 1.27 bits per heavy atom. The number of hydrogen-bond donors (Lipinski definition) is 0. The SMILES string of the molecule is CCOC(=O)C(F)(F)C1C=CC=CC1(Br)C(=O)OC(C)(C)C. The Balaban J connectivity index is 3.16. The quantitative estimate of drug-likeness (QED) is 0.553. The summed E-state index contributed by atoms with van der Waals surface area (Å²) in [4.78, 5) is 23.9. The van der Waals surface area contributed by atoms with Gasteiger partial charge in [-0.25, -0.2) is 4.79 Å². The molecule has 0 aliphatic heterocycles. The first-order chi connectivity index (χ1) is 9.95. The van der Waals surface area contributed by atoms with Crippen LogP contribution in [0.5, 0.6) is 0 Å². The molecule has 1 aliphatic rings. The first-order valence-corrected chi connectivity index (χ1v) is 7.58. The van der Waals surface area contributed by atoms with E-state index in [0.29, 0.717) is 0 Å². The van der Waals surface area contributed by atoms with E-state index in [9.17, 15) is 18.4 Å². The maximum Gasteiger partial charge on any atom is 0.377 e. The van der Waals surface area contributed by atoms with E-state index in [4.69, 9.17) is 4.74 Å². The molecule has 0 spiro atoms. The molecule has 0 aromatic carbocycles. The van der Waals surface area contributed by atoms with Gasteiger partial charge in [0.1, 0.15) is 5.60 Å². The van der Waals surface area contributed by atoms with Crippen molar-refractivity contribution in [3.05, 3.63) is 24.3 Å². The number of hydrogen-bond acceptors (Lipinski definition) is 4. The minimum Gasteiger partial charge on any atom is -0.462 e.